The van der Waals surface area contributed by atoms with Crippen molar-refractivity contribution >= 4 is 19.5 Å². The topological polar surface area (TPSA) is 71.0 Å². The summed E-state index contributed by atoms with van der Waals surface area (Å²) in [5, 5.41) is 0.830. The molecule has 174 valence electrons. The second-order valence-corrected chi connectivity index (χ2v) is 11.4. The third-order valence-corrected chi connectivity index (χ3v) is 8.47. The zero-order valence-electron chi connectivity index (χ0n) is 19.6. The van der Waals surface area contributed by atoms with Crippen LogP contribution in [0.15, 0.2) is 50.0 Å². The van der Waals surface area contributed by atoms with Gasteiger partial charge in [0.05, 0.1) is 6.61 Å². The number of aryl methyl sites for hydroxylation is 1. The van der Waals surface area contributed by atoms with Gasteiger partial charge in [-0.1, -0.05) is 19.3 Å². The van der Waals surface area contributed by atoms with Gasteiger partial charge in [0.15, 0.2) is 0 Å². The number of benzene rings is 1. The Kier molecular flexibility index (Phi) is 8.73. The second kappa shape index (κ2) is 11.5. The van der Waals surface area contributed by atoms with Crippen molar-refractivity contribution in [2.24, 2.45) is 0 Å². The van der Waals surface area contributed by atoms with Crippen LogP contribution in [0.4, 0.5) is 0 Å². The van der Waals surface area contributed by atoms with E-state index >= 15 is 0 Å². The Morgan fingerprint density at radius 3 is 2.34 bits per heavy atom. The zero-order valence-corrected chi connectivity index (χ0v) is 20.6. The van der Waals surface area contributed by atoms with Crippen LogP contribution in [0.3, 0.4) is 0 Å². The first-order valence-corrected chi connectivity index (χ1v) is 14.0. The molecule has 0 N–H and O–H groups in total. The van der Waals surface area contributed by atoms with Crippen LogP contribution in [0.5, 0.6) is 5.75 Å². The first-order valence-electron chi connectivity index (χ1n) is 11.5. The van der Waals surface area contributed by atoms with Crippen molar-refractivity contribution in [3.8, 4) is 17.1 Å². The van der Waals surface area contributed by atoms with Crippen molar-refractivity contribution in [3.63, 3.8) is 0 Å². The molecule has 0 amide bonds. The molecule has 0 saturated heterocycles. The Balaban J connectivity index is 1.47. The summed E-state index contributed by atoms with van der Waals surface area (Å²) in [6.45, 7) is 10.1. The number of unbranched alkanes of at least 4 members (excludes halogenated alkanes) is 3. The summed E-state index contributed by atoms with van der Waals surface area (Å²) < 4.78 is 28.7. The average molecular weight is 459 g/mol. The minimum absolute atomic E-state index is 0.418. The Hall–Kier alpha value is -2.35. The summed E-state index contributed by atoms with van der Waals surface area (Å²) in [5.41, 5.74) is 0.515. The molecule has 1 aromatic carbocycles. The SMILES string of the molecule is CCO[Si](C)(CCCCCCOc1ccc2cc(-c3ccc(C)o3)c(=O)oc2c1)OCC. The number of furan rings is 1. The van der Waals surface area contributed by atoms with Gasteiger partial charge in [-0.05, 0) is 70.1 Å². The first kappa shape index (κ1) is 24.3. The molecule has 0 atom stereocenters. The van der Waals surface area contributed by atoms with Crippen molar-refractivity contribution in [2.45, 2.75) is 59.0 Å². The molecule has 6 nitrogen and oxygen atoms in total. The molecule has 3 aromatic rings. The summed E-state index contributed by atoms with van der Waals surface area (Å²) >= 11 is 0. The lowest BCUT2D eigenvalue weighted by Crippen LogP contribution is -2.38. The molecule has 0 aliphatic heterocycles. The summed E-state index contributed by atoms with van der Waals surface area (Å²) in [5.74, 6) is 1.97. The fraction of sp³-hybridized carbons (Fsp3) is 0.480. The van der Waals surface area contributed by atoms with E-state index in [0.717, 1.165) is 42.9 Å². The minimum atomic E-state index is -2.00. The van der Waals surface area contributed by atoms with E-state index in [1.165, 1.54) is 0 Å². The predicted octanol–water partition coefficient (Wildman–Crippen LogP) is 6.45. The van der Waals surface area contributed by atoms with Crippen LogP contribution < -0.4 is 10.4 Å². The lowest BCUT2D eigenvalue weighted by molar-refractivity contribution is 0.188. The van der Waals surface area contributed by atoms with Gasteiger partial charge in [0.2, 0.25) is 0 Å². The lowest BCUT2D eigenvalue weighted by Gasteiger charge is -2.25. The summed E-state index contributed by atoms with van der Waals surface area (Å²) in [6, 6.07) is 12.0. The van der Waals surface area contributed by atoms with Gasteiger partial charge in [-0.3, -0.25) is 0 Å². The van der Waals surface area contributed by atoms with Crippen molar-refractivity contribution in [1.82, 2.24) is 0 Å². The maximum absolute atomic E-state index is 12.4. The Morgan fingerprint density at radius 1 is 0.906 bits per heavy atom. The molecule has 0 radical (unpaired) electrons. The molecule has 0 spiro atoms. The maximum atomic E-state index is 12.4. The van der Waals surface area contributed by atoms with E-state index in [-0.39, 0.29) is 0 Å². The standard InChI is InChI=1S/C25H34O6Si/c1-5-28-32(4,29-6-2)16-10-8-7-9-15-27-21-13-12-20-17-22(23-14-11-19(3)30-23)25(26)31-24(20)18-21/h11-14,17-18H,5-10,15-16H2,1-4H3. The zero-order chi connectivity index (χ0) is 23.0. The summed E-state index contributed by atoms with van der Waals surface area (Å²) in [6.07, 6.45) is 4.31. The molecule has 3 rings (SSSR count). The molecule has 0 aliphatic carbocycles. The Bertz CT molecular complexity index is 1050. The van der Waals surface area contributed by atoms with E-state index in [4.69, 9.17) is 22.4 Å². The van der Waals surface area contributed by atoms with E-state index in [1.54, 1.807) is 18.2 Å². The largest absolute Gasteiger partial charge is 0.493 e. The van der Waals surface area contributed by atoms with Crippen LogP contribution in [0, 0.1) is 6.92 Å². The molecule has 0 saturated carbocycles. The van der Waals surface area contributed by atoms with E-state index in [2.05, 4.69) is 6.55 Å². The van der Waals surface area contributed by atoms with Gasteiger partial charge in [0.1, 0.15) is 28.4 Å². The monoisotopic (exact) mass is 458 g/mol. The van der Waals surface area contributed by atoms with E-state index in [1.807, 2.05) is 39.0 Å². The molecule has 0 bridgehead atoms. The molecule has 2 aromatic heterocycles. The third kappa shape index (κ3) is 6.57. The fourth-order valence-corrected chi connectivity index (χ4v) is 6.31. The van der Waals surface area contributed by atoms with E-state index in [0.29, 0.717) is 42.5 Å². The lowest BCUT2D eigenvalue weighted by atomic mass is 10.1. The van der Waals surface area contributed by atoms with Crippen LogP contribution in [0.1, 0.15) is 45.3 Å². The molecule has 0 fully saturated rings. The first-order chi connectivity index (χ1) is 15.4. The average Bonchev–Trinajstić information content (AvgIpc) is 3.19. The van der Waals surface area contributed by atoms with Gasteiger partial charge in [-0.25, -0.2) is 4.79 Å². The highest BCUT2D eigenvalue weighted by molar-refractivity contribution is 6.66. The number of rotatable bonds is 13. The van der Waals surface area contributed by atoms with Crippen LogP contribution in [-0.4, -0.2) is 28.4 Å². The quantitative estimate of drug-likeness (QED) is 0.167. The maximum Gasteiger partial charge on any atom is 0.347 e. The number of hydrogen-bond acceptors (Lipinski definition) is 6. The van der Waals surface area contributed by atoms with Gasteiger partial charge >= 0.3 is 14.2 Å². The van der Waals surface area contributed by atoms with Gasteiger partial charge in [0, 0.05) is 24.7 Å². The van der Waals surface area contributed by atoms with Crippen molar-refractivity contribution < 1.29 is 22.4 Å². The molecular weight excluding hydrogens is 424 g/mol. The van der Waals surface area contributed by atoms with Gasteiger partial charge < -0.3 is 22.4 Å². The van der Waals surface area contributed by atoms with Crippen molar-refractivity contribution in [1.29, 1.82) is 0 Å². The van der Waals surface area contributed by atoms with Crippen LogP contribution in [0.25, 0.3) is 22.3 Å². The Labute approximate surface area is 190 Å². The van der Waals surface area contributed by atoms with Gasteiger partial charge in [0.25, 0.3) is 0 Å². The van der Waals surface area contributed by atoms with E-state index < -0.39 is 14.2 Å². The minimum Gasteiger partial charge on any atom is -0.493 e. The highest BCUT2D eigenvalue weighted by atomic mass is 28.4. The third-order valence-electron chi connectivity index (χ3n) is 5.41. The molecule has 32 heavy (non-hydrogen) atoms. The smallest absolute Gasteiger partial charge is 0.347 e. The van der Waals surface area contributed by atoms with E-state index in [9.17, 15) is 4.79 Å². The number of fused-ring (bicyclic) bond motifs is 1. The van der Waals surface area contributed by atoms with Crippen molar-refractivity contribution in [2.75, 3.05) is 19.8 Å². The molecule has 2 heterocycles. The second-order valence-electron chi connectivity index (χ2n) is 8.07. The fourth-order valence-electron chi connectivity index (χ4n) is 3.82. The van der Waals surface area contributed by atoms with Crippen LogP contribution in [0.2, 0.25) is 12.6 Å². The molecule has 7 heteroatoms. The molecule has 0 unspecified atom stereocenters. The predicted molar refractivity (Wildman–Crippen MR) is 129 cm³/mol. The summed E-state index contributed by atoms with van der Waals surface area (Å²) in [7, 11) is -2.00. The van der Waals surface area contributed by atoms with Gasteiger partial charge in [-0.2, -0.15) is 0 Å². The van der Waals surface area contributed by atoms with Gasteiger partial charge in [-0.15, -0.1) is 0 Å². The number of hydrogen-bond donors (Lipinski definition) is 0. The molecule has 0 aliphatic rings. The highest BCUT2D eigenvalue weighted by Crippen LogP contribution is 2.26. The van der Waals surface area contributed by atoms with Crippen LogP contribution >= 0.6 is 0 Å². The molecular formula is C25H34O6Si. The summed E-state index contributed by atoms with van der Waals surface area (Å²) in [4.78, 5) is 12.4. The van der Waals surface area contributed by atoms with Crippen LogP contribution in [-0.2, 0) is 8.85 Å². The van der Waals surface area contributed by atoms with Crippen molar-refractivity contribution in [3.05, 3.63) is 52.6 Å². The number of ether oxygens (including phenoxy) is 1. The normalized spacial score (nSPS) is 11.9. The Morgan fingerprint density at radius 2 is 1.66 bits per heavy atom. The highest BCUT2D eigenvalue weighted by Gasteiger charge is 2.29.